The Labute approximate surface area is 59.5 Å². The molecular weight excluding hydrogens is 130 g/mol. The van der Waals surface area contributed by atoms with Crippen molar-refractivity contribution in [3.63, 3.8) is 0 Å². The summed E-state index contributed by atoms with van der Waals surface area (Å²) in [6.45, 7) is 2.00. The fourth-order valence-electron chi connectivity index (χ4n) is 0.538. The lowest BCUT2D eigenvalue weighted by Gasteiger charge is -1.92. The molecule has 0 saturated carbocycles. The van der Waals surface area contributed by atoms with E-state index < -0.39 is 0 Å². The minimum absolute atomic E-state index is 1.06. The molecule has 0 fully saturated rings. The number of rotatable bonds is 2. The summed E-state index contributed by atoms with van der Waals surface area (Å²) < 4.78 is 0. The van der Waals surface area contributed by atoms with Crippen LogP contribution in [0.1, 0.15) is 6.92 Å². The molecule has 0 spiro atoms. The zero-order valence-corrected chi connectivity index (χ0v) is 6.06. The third-order valence-electron chi connectivity index (χ3n) is 0.876. The lowest BCUT2D eigenvalue weighted by molar-refractivity contribution is 1.14. The van der Waals surface area contributed by atoms with Gasteiger partial charge in [-0.15, -0.1) is 11.8 Å². The predicted octanol–water partition coefficient (Wildman–Crippen LogP) is 2.36. The van der Waals surface area contributed by atoms with Gasteiger partial charge in [0.05, 0.1) is 5.03 Å². The molecule has 0 N–H and O–H groups in total. The van der Waals surface area contributed by atoms with Crippen molar-refractivity contribution in [1.29, 1.82) is 0 Å². The van der Waals surface area contributed by atoms with Crippen LogP contribution in [0.15, 0.2) is 29.4 Å². The van der Waals surface area contributed by atoms with Crippen molar-refractivity contribution in [2.45, 2.75) is 11.9 Å². The maximum absolute atomic E-state index is 4.10. The van der Waals surface area contributed by atoms with Crippen LogP contribution in [0.2, 0.25) is 0 Å². The van der Waals surface area contributed by atoms with Gasteiger partial charge < -0.3 is 0 Å². The van der Waals surface area contributed by atoms with E-state index in [2.05, 4.69) is 4.98 Å². The van der Waals surface area contributed by atoms with E-state index >= 15 is 0 Å². The van der Waals surface area contributed by atoms with Crippen LogP contribution in [0.5, 0.6) is 0 Å². The van der Waals surface area contributed by atoms with Gasteiger partial charge in [0.2, 0.25) is 0 Å². The van der Waals surface area contributed by atoms with Gasteiger partial charge in [0.25, 0.3) is 0 Å². The lowest BCUT2D eigenvalue weighted by Crippen LogP contribution is -1.73. The normalized spacial score (nSPS) is 9.44. The van der Waals surface area contributed by atoms with Crippen LogP contribution >= 0.6 is 11.8 Å². The molecule has 0 bridgehead atoms. The van der Waals surface area contributed by atoms with Gasteiger partial charge in [-0.25, -0.2) is 4.98 Å². The van der Waals surface area contributed by atoms with Crippen molar-refractivity contribution in [3.05, 3.63) is 30.1 Å². The summed E-state index contributed by atoms with van der Waals surface area (Å²) in [5.74, 6) is 2.02. The van der Waals surface area contributed by atoms with Gasteiger partial charge in [-0.3, -0.25) is 0 Å². The molecule has 0 aliphatic carbocycles. The van der Waals surface area contributed by atoms with Crippen molar-refractivity contribution in [2.75, 3.05) is 0 Å². The highest BCUT2D eigenvalue weighted by Gasteiger charge is 1.87. The number of nitrogens with zero attached hydrogens (tertiary/aromatic N) is 1. The number of aromatic nitrogens is 1. The molecule has 1 rings (SSSR count). The van der Waals surface area contributed by atoms with Gasteiger partial charge in [-0.2, -0.15) is 0 Å². The second-order valence-electron chi connectivity index (χ2n) is 1.52. The van der Waals surface area contributed by atoms with Gasteiger partial charge in [-0.1, -0.05) is 13.0 Å². The second-order valence-corrected chi connectivity index (χ2v) is 2.65. The summed E-state index contributed by atoms with van der Waals surface area (Å²) in [7, 11) is 0. The molecule has 9 heavy (non-hydrogen) atoms. The van der Waals surface area contributed by atoms with Crippen molar-refractivity contribution >= 4 is 11.8 Å². The van der Waals surface area contributed by atoms with E-state index in [4.69, 9.17) is 0 Å². The number of pyridine rings is 1. The Bertz CT molecular complexity index is 162. The van der Waals surface area contributed by atoms with Gasteiger partial charge in [0, 0.05) is 11.9 Å². The molecule has 1 heterocycles. The Morgan fingerprint density at radius 1 is 1.56 bits per heavy atom. The fraction of sp³-hybridized carbons (Fsp3) is 0.143. The SMILES string of the molecule is C[CH]Sc1ccccn1. The zero-order valence-electron chi connectivity index (χ0n) is 5.24. The molecule has 1 radical (unpaired) electrons. The summed E-state index contributed by atoms with van der Waals surface area (Å²) in [6, 6.07) is 5.89. The van der Waals surface area contributed by atoms with Gasteiger partial charge in [-0.05, 0) is 12.1 Å². The van der Waals surface area contributed by atoms with E-state index in [0.29, 0.717) is 0 Å². The van der Waals surface area contributed by atoms with E-state index in [0.717, 1.165) is 5.03 Å². The van der Waals surface area contributed by atoms with Crippen LogP contribution in [0.4, 0.5) is 0 Å². The Balaban J connectivity index is 2.61. The van der Waals surface area contributed by atoms with Crippen LogP contribution in [0, 0.1) is 5.75 Å². The highest BCUT2D eigenvalue weighted by Crippen LogP contribution is 2.15. The standard InChI is InChI=1S/C7H8NS/c1-2-9-7-5-3-4-6-8-7/h2-6H,1H3. The summed E-state index contributed by atoms with van der Waals surface area (Å²) in [6.07, 6.45) is 1.80. The molecule has 0 atom stereocenters. The second kappa shape index (κ2) is 3.51. The minimum atomic E-state index is 1.06. The van der Waals surface area contributed by atoms with E-state index in [9.17, 15) is 0 Å². The van der Waals surface area contributed by atoms with Crippen LogP contribution in [0.3, 0.4) is 0 Å². The van der Waals surface area contributed by atoms with E-state index in [1.165, 1.54) is 0 Å². The number of hydrogen-bond acceptors (Lipinski definition) is 2. The van der Waals surface area contributed by atoms with Crippen LogP contribution in [0.25, 0.3) is 0 Å². The third-order valence-corrected chi connectivity index (χ3v) is 1.60. The number of hydrogen-bond donors (Lipinski definition) is 0. The first-order chi connectivity index (χ1) is 4.43. The zero-order chi connectivity index (χ0) is 6.53. The molecule has 2 heteroatoms. The van der Waals surface area contributed by atoms with Gasteiger partial charge in [0.15, 0.2) is 0 Å². The fourth-order valence-corrected chi connectivity index (χ4v) is 1.06. The van der Waals surface area contributed by atoms with Crippen molar-refractivity contribution in [1.82, 2.24) is 4.98 Å². The first kappa shape index (κ1) is 6.62. The van der Waals surface area contributed by atoms with E-state index in [-0.39, 0.29) is 0 Å². The summed E-state index contributed by atoms with van der Waals surface area (Å²) in [4.78, 5) is 4.10. The molecule has 0 aliphatic rings. The lowest BCUT2D eigenvalue weighted by atomic mass is 10.5. The van der Waals surface area contributed by atoms with Crippen molar-refractivity contribution < 1.29 is 0 Å². The first-order valence-electron chi connectivity index (χ1n) is 2.79. The first-order valence-corrected chi connectivity index (χ1v) is 3.67. The quantitative estimate of drug-likeness (QED) is 0.582. The highest BCUT2D eigenvalue weighted by atomic mass is 32.2. The smallest absolute Gasteiger partial charge is 0.0962 e. The molecule has 47 valence electrons. The molecule has 0 unspecified atom stereocenters. The third kappa shape index (κ3) is 2.06. The molecule has 1 aromatic rings. The molecule has 0 amide bonds. The average molecular weight is 138 g/mol. The van der Waals surface area contributed by atoms with Gasteiger partial charge in [0.1, 0.15) is 0 Å². The largest absolute Gasteiger partial charge is 0.250 e. The predicted molar refractivity (Wildman–Crippen MR) is 40.1 cm³/mol. The average Bonchev–Trinajstić information content (AvgIpc) is 1.91. The monoisotopic (exact) mass is 138 g/mol. The molecule has 0 saturated heterocycles. The summed E-state index contributed by atoms with van der Waals surface area (Å²) in [5.41, 5.74) is 0. The molecular formula is C7H8NS. The van der Waals surface area contributed by atoms with Crippen molar-refractivity contribution in [2.24, 2.45) is 0 Å². The van der Waals surface area contributed by atoms with Crippen LogP contribution in [-0.2, 0) is 0 Å². The van der Waals surface area contributed by atoms with E-state index in [1.807, 2.05) is 30.9 Å². The topological polar surface area (TPSA) is 12.9 Å². The van der Waals surface area contributed by atoms with Gasteiger partial charge >= 0.3 is 0 Å². The van der Waals surface area contributed by atoms with Crippen LogP contribution < -0.4 is 0 Å². The van der Waals surface area contributed by atoms with Crippen LogP contribution in [-0.4, -0.2) is 4.98 Å². The Kier molecular flexibility index (Phi) is 2.58. The molecule has 0 aliphatic heterocycles. The minimum Gasteiger partial charge on any atom is -0.250 e. The summed E-state index contributed by atoms with van der Waals surface area (Å²) >= 11 is 1.64. The molecule has 1 nitrogen and oxygen atoms in total. The Morgan fingerprint density at radius 3 is 3.00 bits per heavy atom. The molecule has 1 aromatic heterocycles. The van der Waals surface area contributed by atoms with Crippen molar-refractivity contribution in [3.8, 4) is 0 Å². The Hall–Kier alpha value is -0.500. The highest BCUT2D eigenvalue weighted by molar-refractivity contribution is 8.01. The summed E-state index contributed by atoms with van der Waals surface area (Å²) in [5, 5.41) is 1.06. The van der Waals surface area contributed by atoms with E-state index in [1.54, 1.807) is 18.0 Å². The molecule has 0 aromatic carbocycles. The maximum Gasteiger partial charge on any atom is 0.0962 e. The Morgan fingerprint density at radius 2 is 2.44 bits per heavy atom. The number of thioether (sulfide) groups is 1. The maximum atomic E-state index is 4.10.